The van der Waals surface area contributed by atoms with Crippen LogP contribution in [0, 0.1) is 12.3 Å². The van der Waals surface area contributed by atoms with Crippen LogP contribution in [0.25, 0.3) is 16.8 Å². The maximum absolute atomic E-state index is 13.7. The second-order valence-corrected chi connectivity index (χ2v) is 9.59. The average Bonchev–Trinajstić information content (AvgIpc) is 3.42. The molecule has 4 aromatic rings. The number of anilines is 1. The third-order valence-corrected chi connectivity index (χ3v) is 7.69. The van der Waals surface area contributed by atoms with Crippen molar-refractivity contribution in [3.63, 3.8) is 0 Å². The molecule has 3 aromatic heterocycles. The minimum absolute atomic E-state index is 0.0116. The molecule has 1 saturated heterocycles. The Morgan fingerprint density at radius 1 is 1.03 bits per heavy atom. The number of hydrogen-bond acceptors (Lipinski definition) is 5. The number of rotatable bonds is 2. The van der Waals surface area contributed by atoms with Crippen molar-refractivity contribution in [2.45, 2.75) is 38.4 Å². The lowest BCUT2D eigenvalue weighted by Crippen LogP contribution is -2.45. The van der Waals surface area contributed by atoms with Gasteiger partial charge in [0.15, 0.2) is 5.69 Å². The van der Waals surface area contributed by atoms with Gasteiger partial charge in [-0.2, -0.15) is 13.2 Å². The molecule has 6 rings (SSSR count). The van der Waals surface area contributed by atoms with Crippen molar-refractivity contribution >= 4 is 11.6 Å². The van der Waals surface area contributed by atoms with E-state index in [1.54, 1.807) is 23.7 Å². The first-order valence-corrected chi connectivity index (χ1v) is 11.7. The average molecular weight is 479 g/mol. The molecule has 6 nitrogen and oxygen atoms in total. The van der Waals surface area contributed by atoms with E-state index in [9.17, 15) is 13.2 Å². The Morgan fingerprint density at radius 3 is 2.54 bits per heavy atom. The number of nitrogens with two attached hydrogens (primary N) is 1. The molecule has 1 aliphatic heterocycles. The molecule has 1 atom stereocenters. The molecule has 1 spiro atoms. The lowest BCUT2D eigenvalue weighted by Gasteiger charge is -2.42. The van der Waals surface area contributed by atoms with Crippen molar-refractivity contribution in [1.29, 1.82) is 0 Å². The summed E-state index contributed by atoms with van der Waals surface area (Å²) in [5.74, 6) is 0.690. The van der Waals surface area contributed by atoms with Crippen molar-refractivity contribution in [3.8, 4) is 11.1 Å². The van der Waals surface area contributed by atoms with Gasteiger partial charge in [-0.15, -0.1) is 0 Å². The van der Waals surface area contributed by atoms with Crippen molar-refractivity contribution in [2.75, 3.05) is 18.0 Å². The number of hydrogen-bond donors (Lipinski definition) is 1. The van der Waals surface area contributed by atoms with E-state index in [4.69, 9.17) is 10.7 Å². The molecule has 0 saturated carbocycles. The number of halogens is 3. The Morgan fingerprint density at radius 2 is 1.80 bits per heavy atom. The number of pyridine rings is 1. The molecule has 0 amide bonds. The molecular formula is C26H25F3N6. The van der Waals surface area contributed by atoms with Gasteiger partial charge in [-0.05, 0) is 48.8 Å². The molecule has 180 valence electrons. The Bertz CT molecular complexity index is 1420. The number of nitrogens with zero attached hydrogens (tertiary/aromatic N) is 5. The van der Waals surface area contributed by atoms with Gasteiger partial charge in [-0.3, -0.25) is 9.38 Å². The third-order valence-electron chi connectivity index (χ3n) is 7.69. The fourth-order valence-corrected chi connectivity index (χ4v) is 5.90. The van der Waals surface area contributed by atoms with Crippen LogP contribution in [0.5, 0.6) is 0 Å². The molecule has 35 heavy (non-hydrogen) atoms. The molecule has 0 unspecified atom stereocenters. The zero-order valence-electron chi connectivity index (χ0n) is 19.3. The highest BCUT2D eigenvalue weighted by Crippen LogP contribution is 2.51. The van der Waals surface area contributed by atoms with Crippen LogP contribution in [0.4, 0.5) is 19.1 Å². The number of benzene rings is 1. The Hall–Kier alpha value is -3.46. The van der Waals surface area contributed by atoms with Crippen LogP contribution in [0.15, 0.2) is 55.0 Å². The molecule has 0 bridgehead atoms. The second kappa shape index (κ2) is 7.78. The number of imidazole rings is 1. The van der Waals surface area contributed by atoms with E-state index < -0.39 is 11.9 Å². The van der Waals surface area contributed by atoms with E-state index in [2.05, 4.69) is 33.1 Å². The molecular weight excluding hydrogens is 453 g/mol. The standard InChI is InChI=1S/C26H25F3N6/c1-16-20(19-7-4-10-31-22(19)26(27,28)29)23-32-11-14-35(23)24(33-16)34-12-8-25(9-13-34)15-17-5-2-3-6-18(17)21(25)30/h2-7,10-11,14,21H,8-9,12-13,15,30H2,1H3/t21-/m1/s1. The van der Waals surface area contributed by atoms with Crippen LogP contribution >= 0.6 is 0 Å². The number of alkyl halides is 3. The highest BCUT2D eigenvalue weighted by atomic mass is 19.4. The van der Waals surface area contributed by atoms with E-state index in [1.165, 1.54) is 23.3 Å². The monoisotopic (exact) mass is 478 g/mol. The van der Waals surface area contributed by atoms with Crippen LogP contribution in [0.3, 0.4) is 0 Å². The summed E-state index contributed by atoms with van der Waals surface area (Å²) in [6, 6.07) is 11.4. The van der Waals surface area contributed by atoms with Crippen molar-refractivity contribution in [2.24, 2.45) is 11.1 Å². The van der Waals surface area contributed by atoms with Crippen molar-refractivity contribution in [3.05, 3.63) is 77.5 Å². The molecule has 1 aromatic carbocycles. The van der Waals surface area contributed by atoms with Crippen molar-refractivity contribution in [1.82, 2.24) is 19.4 Å². The smallest absolute Gasteiger partial charge is 0.342 e. The van der Waals surface area contributed by atoms with Gasteiger partial charge in [-0.1, -0.05) is 30.3 Å². The minimum Gasteiger partial charge on any atom is -0.342 e. The number of aryl methyl sites for hydroxylation is 1. The molecule has 4 heterocycles. The van der Waals surface area contributed by atoms with Gasteiger partial charge in [0.25, 0.3) is 0 Å². The van der Waals surface area contributed by atoms with Crippen LogP contribution in [-0.4, -0.2) is 32.4 Å². The summed E-state index contributed by atoms with van der Waals surface area (Å²) >= 11 is 0. The fraction of sp³-hybridized carbons (Fsp3) is 0.346. The zero-order valence-corrected chi connectivity index (χ0v) is 19.3. The van der Waals surface area contributed by atoms with E-state index in [0.717, 1.165) is 38.5 Å². The summed E-state index contributed by atoms with van der Waals surface area (Å²) in [5, 5.41) is 0. The van der Waals surface area contributed by atoms with Gasteiger partial charge in [0.2, 0.25) is 5.95 Å². The summed E-state index contributed by atoms with van der Waals surface area (Å²) < 4.78 is 42.9. The van der Waals surface area contributed by atoms with Gasteiger partial charge < -0.3 is 10.6 Å². The zero-order chi connectivity index (χ0) is 24.4. The predicted molar refractivity (Wildman–Crippen MR) is 127 cm³/mol. The van der Waals surface area contributed by atoms with E-state index in [0.29, 0.717) is 22.9 Å². The minimum atomic E-state index is -4.58. The molecule has 1 aliphatic carbocycles. The first-order valence-electron chi connectivity index (χ1n) is 11.7. The van der Waals surface area contributed by atoms with E-state index in [1.807, 2.05) is 6.07 Å². The Balaban J connectivity index is 1.35. The quantitative estimate of drug-likeness (QED) is 0.441. The van der Waals surface area contributed by atoms with E-state index in [-0.39, 0.29) is 17.0 Å². The molecule has 0 radical (unpaired) electrons. The van der Waals surface area contributed by atoms with Crippen LogP contribution in [-0.2, 0) is 12.6 Å². The van der Waals surface area contributed by atoms with E-state index >= 15 is 0 Å². The molecule has 2 aliphatic rings. The van der Waals surface area contributed by atoms with Gasteiger partial charge >= 0.3 is 6.18 Å². The van der Waals surface area contributed by atoms with Gasteiger partial charge in [-0.25, -0.2) is 9.97 Å². The topological polar surface area (TPSA) is 72.3 Å². The van der Waals surface area contributed by atoms with Crippen LogP contribution in [0.1, 0.15) is 41.4 Å². The normalized spacial score (nSPS) is 19.5. The summed E-state index contributed by atoms with van der Waals surface area (Å²) in [5.41, 5.74) is 9.66. The maximum Gasteiger partial charge on any atom is 0.433 e. The Labute approximate surface area is 200 Å². The maximum atomic E-state index is 13.7. The lowest BCUT2D eigenvalue weighted by atomic mass is 9.73. The van der Waals surface area contributed by atoms with Crippen LogP contribution < -0.4 is 10.6 Å². The van der Waals surface area contributed by atoms with Gasteiger partial charge in [0, 0.05) is 48.8 Å². The fourth-order valence-electron chi connectivity index (χ4n) is 5.90. The summed E-state index contributed by atoms with van der Waals surface area (Å²) in [6.45, 7) is 3.26. The second-order valence-electron chi connectivity index (χ2n) is 9.59. The first-order chi connectivity index (χ1) is 16.8. The summed E-state index contributed by atoms with van der Waals surface area (Å²) in [7, 11) is 0. The van der Waals surface area contributed by atoms with Crippen LogP contribution in [0.2, 0.25) is 0 Å². The largest absolute Gasteiger partial charge is 0.433 e. The lowest BCUT2D eigenvalue weighted by molar-refractivity contribution is -0.140. The first kappa shape index (κ1) is 22.0. The molecule has 9 heteroatoms. The number of piperidine rings is 1. The predicted octanol–water partition coefficient (Wildman–Crippen LogP) is 4.96. The Kier molecular flexibility index (Phi) is 4.90. The molecule has 1 fully saturated rings. The molecule has 2 N–H and O–H groups in total. The van der Waals surface area contributed by atoms with Crippen molar-refractivity contribution < 1.29 is 13.2 Å². The summed E-state index contributed by atoms with van der Waals surface area (Å²) in [4.78, 5) is 15.0. The highest BCUT2D eigenvalue weighted by molar-refractivity contribution is 5.82. The summed E-state index contributed by atoms with van der Waals surface area (Å²) in [6.07, 6.45) is 2.75. The SMILES string of the molecule is Cc1nc(N2CCC3(CC2)Cc2ccccc2[C@H]3N)n2ccnc2c1-c1cccnc1C(F)(F)F. The van der Waals surface area contributed by atoms with Gasteiger partial charge in [0.1, 0.15) is 5.65 Å². The number of aromatic nitrogens is 4. The third kappa shape index (κ3) is 3.40. The number of fused-ring (bicyclic) bond motifs is 2. The highest BCUT2D eigenvalue weighted by Gasteiger charge is 2.46. The van der Waals surface area contributed by atoms with Gasteiger partial charge in [0.05, 0.1) is 5.69 Å².